The van der Waals surface area contributed by atoms with E-state index >= 15 is 0 Å². The number of rotatable bonds is 4. The minimum Gasteiger partial charge on any atom is -0.506 e. The Morgan fingerprint density at radius 1 is 1.20 bits per heavy atom. The average Bonchev–Trinajstić information content (AvgIpc) is 2.36. The van der Waals surface area contributed by atoms with Crippen molar-refractivity contribution < 1.29 is 24.9 Å². The Kier molecular flexibility index (Phi) is 9.00. The van der Waals surface area contributed by atoms with Crippen LogP contribution >= 0.6 is 45.2 Å². The summed E-state index contributed by atoms with van der Waals surface area (Å²) in [7, 11) is 0. The number of nitrogens with two attached hydrogens (primary N) is 2. The number of benzene rings is 1. The van der Waals surface area contributed by atoms with Gasteiger partial charge in [-0.05, 0) is 69.3 Å². The number of carboxylic acid groups (broad SMARTS) is 2. The predicted molar refractivity (Wildman–Crippen MR) is 89.5 cm³/mol. The molecular formula is C11H14I2N2O5. The number of hydrogen-bond donors (Lipinski definition) is 5. The lowest BCUT2D eigenvalue weighted by atomic mass is 10.1. The Balaban J connectivity index is 0.000000621. The van der Waals surface area contributed by atoms with E-state index in [2.05, 4.69) is 5.73 Å². The maximum atomic E-state index is 10.6. The van der Waals surface area contributed by atoms with Crippen molar-refractivity contribution in [1.29, 1.82) is 0 Å². The molecular weight excluding hydrogens is 494 g/mol. The summed E-state index contributed by atoms with van der Waals surface area (Å²) in [5.41, 5.74) is 10.8. The molecule has 7 N–H and O–H groups in total. The van der Waals surface area contributed by atoms with Crippen LogP contribution in [0.4, 0.5) is 0 Å². The van der Waals surface area contributed by atoms with Gasteiger partial charge in [0.2, 0.25) is 0 Å². The minimum atomic E-state index is -1.02. The molecule has 0 aliphatic rings. The lowest BCUT2D eigenvalue weighted by Gasteiger charge is -2.08. The van der Waals surface area contributed by atoms with Crippen LogP contribution in [-0.2, 0) is 16.0 Å². The van der Waals surface area contributed by atoms with Crippen molar-refractivity contribution in [2.75, 3.05) is 6.54 Å². The third kappa shape index (κ3) is 7.21. The molecule has 0 spiro atoms. The van der Waals surface area contributed by atoms with E-state index in [1.54, 1.807) is 12.1 Å². The van der Waals surface area contributed by atoms with Crippen molar-refractivity contribution >= 4 is 57.1 Å². The number of aliphatic carboxylic acids is 2. The number of halogens is 2. The van der Waals surface area contributed by atoms with E-state index in [4.69, 9.17) is 15.9 Å². The average molecular weight is 508 g/mol. The molecule has 7 nitrogen and oxygen atoms in total. The second-order valence-corrected chi connectivity index (χ2v) is 5.98. The van der Waals surface area contributed by atoms with Gasteiger partial charge in [0.25, 0.3) is 0 Å². The molecule has 20 heavy (non-hydrogen) atoms. The standard InChI is InChI=1S/C9H9I2NO3.C2H5NO2/c10-5-1-4(2-6(11)8(5)13)3-7(12)9(14)15;3-1-2(4)5/h1-2,7,13H,3,12H2,(H,14,15);1,3H2,(H,4,5)/t7-;/m0./s1. The maximum absolute atomic E-state index is 10.6. The van der Waals surface area contributed by atoms with E-state index < -0.39 is 18.0 Å². The third-order valence-electron chi connectivity index (χ3n) is 2.02. The summed E-state index contributed by atoms with van der Waals surface area (Å²) in [6, 6.07) is 2.57. The Morgan fingerprint density at radius 3 is 1.90 bits per heavy atom. The van der Waals surface area contributed by atoms with Crippen LogP contribution in [-0.4, -0.2) is 39.8 Å². The van der Waals surface area contributed by atoms with Gasteiger partial charge in [-0.2, -0.15) is 0 Å². The van der Waals surface area contributed by atoms with Crippen molar-refractivity contribution in [2.45, 2.75) is 12.5 Å². The van der Waals surface area contributed by atoms with Crippen LogP contribution in [0.2, 0.25) is 0 Å². The molecule has 0 radical (unpaired) electrons. The van der Waals surface area contributed by atoms with Gasteiger partial charge >= 0.3 is 11.9 Å². The number of aromatic hydroxyl groups is 1. The third-order valence-corrected chi connectivity index (χ3v) is 3.67. The molecule has 0 aliphatic heterocycles. The fourth-order valence-electron chi connectivity index (χ4n) is 1.08. The van der Waals surface area contributed by atoms with Gasteiger partial charge in [-0.15, -0.1) is 0 Å². The summed E-state index contributed by atoms with van der Waals surface area (Å²) >= 11 is 3.99. The highest BCUT2D eigenvalue weighted by atomic mass is 127. The highest BCUT2D eigenvalue weighted by Crippen LogP contribution is 2.27. The molecule has 1 aromatic rings. The molecule has 0 bridgehead atoms. The quantitative estimate of drug-likeness (QED) is 0.374. The smallest absolute Gasteiger partial charge is 0.320 e. The number of carboxylic acids is 2. The fourth-order valence-corrected chi connectivity index (χ4v) is 2.97. The van der Waals surface area contributed by atoms with E-state index in [0.717, 1.165) is 5.56 Å². The molecule has 0 amide bonds. The number of phenolic OH excluding ortho intramolecular Hbond substituents is 1. The molecule has 1 atom stereocenters. The number of hydrogen-bond acceptors (Lipinski definition) is 5. The molecule has 0 saturated heterocycles. The first-order chi connectivity index (χ1) is 9.18. The first-order valence-electron chi connectivity index (χ1n) is 5.26. The van der Waals surface area contributed by atoms with Gasteiger partial charge in [-0.3, -0.25) is 9.59 Å². The summed E-state index contributed by atoms with van der Waals surface area (Å²) in [4.78, 5) is 19.8. The van der Waals surface area contributed by atoms with E-state index in [-0.39, 0.29) is 18.7 Å². The van der Waals surface area contributed by atoms with Gasteiger partial charge in [0.15, 0.2) is 0 Å². The molecule has 0 aromatic heterocycles. The summed E-state index contributed by atoms with van der Waals surface area (Å²) in [5.74, 6) is -1.76. The van der Waals surface area contributed by atoms with Gasteiger partial charge in [-0.25, -0.2) is 0 Å². The van der Waals surface area contributed by atoms with Gasteiger partial charge in [-0.1, -0.05) is 0 Å². The van der Waals surface area contributed by atoms with Gasteiger partial charge < -0.3 is 26.8 Å². The molecule has 9 heteroatoms. The summed E-state index contributed by atoms with van der Waals surface area (Å²) in [5, 5.41) is 25.8. The highest BCUT2D eigenvalue weighted by Gasteiger charge is 2.14. The largest absolute Gasteiger partial charge is 0.506 e. The number of phenols is 1. The molecule has 0 unspecified atom stereocenters. The van der Waals surface area contributed by atoms with Crippen molar-refractivity contribution in [2.24, 2.45) is 11.5 Å². The molecule has 1 rings (SSSR count). The van der Waals surface area contributed by atoms with Crippen molar-refractivity contribution in [1.82, 2.24) is 0 Å². The first kappa shape index (κ1) is 19.3. The molecule has 1 aromatic carbocycles. The molecule has 0 fully saturated rings. The van der Waals surface area contributed by atoms with E-state index in [0.29, 0.717) is 7.14 Å². The zero-order valence-electron chi connectivity index (χ0n) is 10.2. The van der Waals surface area contributed by atoms with Gasteiger partial charge in [0.05, 0.1) is 13.7 Å². The number of carbonyl (C=O) groups is 2. The van der Waals surface area contributed by atoms with Crippen LogP contribution in [0.3, 0.4) is 0 Å². The minimum absolute atomic E-state index is 0.226. The second kappa shape index (κ2) is 9.31. The van der Waals surface area contributed by atoms with Crippen LogP contribution in [0.5, 0.6) is 5.75 Å². The summed E-state index contributed by atoms with van der Waals surface area (Å²) in [6.07, 6.45) is 0.265. The van der Waals surface area contributed by atoms with E-state index in [1.807, 2.05) is 45.2 Å². The van der Waals surface area contributed by atoms with Crippen LogP contribution in [0.1, 0.15) is 5.56 Å². The molecule has 0 aliphatic carbocycles. The SMILES string of the molecule is NCC(=O)O.N[C@@H](Cc1cc(I)c(O)c(I)c1)C(=O)O. The van der Waals surface area contributed by atoms with Crippen molar-refractivity contribution in [3.05, 3.63) is 24.8 Å². The fraction of sp³-hybridized carbons (Fsp3) is 0.273. The zero-order valence-corrected chi connectivity index (χ0v) is 14.5. The molecule has 0 heterocycles. The maximum Gasteiger partial charge on any atom is 0.320 e. The van der Waals surface area contributed by atoms with Gasteiger partial charge in [0.1, 0.15) is 11.8 Å². The lowest BCUT2D eigenvalue weighted by molar-refractivity contribution is -0.138. The molecule has 0 saturated carbocycles. The Bertz CT molecular complexity index is 473. The van der Waals surface area contributed by atoms with E-state index in [9.17, 15) is 14.7 Å². The van der Waals surface area contributed by atoms with Crippen molar-refractivity contribution in [3.8, 4) is 5.75 Å². The highest BCUT2D eigenvalue weighted by molar-refractivity contribution is 14.1. The predicted octanol–water partition coefficient (Wildman–Crippen LogP) is 0.586. The van der Waals surface area contributed by atoms with Crippen LogP contribution < -0.4 is 11.5 Å². The lowest BCUT2D eigenvalue weighted by Crippen LogP contribution is -2.32. The Hall–Kier alpha value is -0.660. The summed E-state index contributed by atoms with van der Waals surface area (Å²) < 4.78 is 1.40. The van der Waals surface area contributed by atoms with Crippen molar-refractivity contribution in [3.63, 3.8) is 0 Å². The Labute approximate surface area is 142 Å². The van der Waals surface area contributed by atoms with Crippen LogP contribution in [0.15, 0.2) is 12.1 Å². The van der Waals surface area contributed by atoms with Gasteiger partial charge in [0, 0.05) is 0 Å². The normalized spacial score (nSPS) is 11.2. The second-order valence-electron chi connectivity index (χ2n) is 3.65. The summed E-state index contributed by atoms with van der Waals surface area (Å²) in [6.45, 7) is -0.278. The zero-order chi connectivity index (χ0) is 15.9. The topological polar surface area (TPSA) is 147 Å². The Morgan fingerprint density at radius 2 is 1.60 bits per heavy atom. The first-order valence-corrected chi connectivity index (χ1v) is 7.41. The molecule has 112 valence electrons. The van der Waals surface area contributed by atoms with Crippen LogP contribution in [0.25, 0.3) is 0 Å². The van der Waals surface area contributed by atoms with Crippen LogP contribution in [0, 0.1) is 7.14 Å². The monoisotopic (exact) mass is 508 g/mol. The van der Waals surface area contributed by atoms with E-state index in [1.165, 1.54) is 0 Å².